The molecule has 0 aromatic carbocycles. The summed E-state index contributed by atoms with van der Waals surface area (Å²) in [6.45, 7) is 3.78. The molecule has 0 spiro atoms. The van der Waals surface area contributed by atoms with Crippen molar-refractivity contribution in [2.24, 2.45) is 4.99 Å². The highest BCUT2D eigenvalue weighted by atomic mass is 16.5. The molecule has 80 valence electrons. The first-order chi connectivity index (χ1) is 7.26. The maximum atomic E-state index is 5.16. The maximum absolute atomic E-state index is 5.16. The topological polar surface area (TPSA) is 30.8 Å². The van der Waals surface area contributed by atoms with E-state index in [9.17, 15) is 0 Å². The predicted molar refractivity (Wildman–Crippen MR) is 61.6 cm³/mol. The van der Waals surface area contributed by atoms with Gasteiger partial charge in [-0.15, -0.1) is 0 Å². The molecule has 0 aromatic rings. The van der Waals surface area contributed by atoms with Crippen LogP contribution in [-0.4, -0.2) is 20.4 Å². The van der Waals surface area contributed by atoms with Gasteiger partial charge in [0, 0.05) is 18.7 Å². The fraction of sp³-hybridized carbons (Fsp3) is 0.250. The summed E-state index contributed by atoms with van der Waals surface area (Å²) in [5.41, 5.74) is 0.644. The van der Waals surface area contributed by atoms with Crippen LogP contribution < -0.4 is 0 Å². The van der Waals surface area contributed by atoms with Crippen molar-refractivity contribution in [3.05, 3.63) is 48.1 Å². The van der Waals surface area contributed by atoms with Crippen LogP contribution in [0.15, 0.2) is 53.1 Å². The molecule has 1 aliphatic rings. The first kappa shape index (κ1) is 11.3. The van der Waals surface area contributed by atoms with Crippen molar-refractivity contribution in [1.82, 2.24) is 0 Å². The molecule has 15 heavy (non-hydrogen) atoms. The van der Waals surface area contributed by atoms with Gasteiger partial charge in [-0.2, -0.15) is 0 Å². The van der Waals surface area contributed by atoms with Crippen molar-refractivity contribution in [2.45, 2.75) is 6.42 Å². The zero-order chi connectivity index (χ0) is 11.1. The molecule has 0 amide bonds. The lowest BCUT2D eigenvalue weighted by atomic mass is 10.2. The first-order valence-electron chi connectivity index (χ1n) is 4.64. The van der Waals surface area contributed by atoms with Crippen LogP contribution in [0, 0.1) is 0 Å². The number of hydrogen-bond acceptors (Lipinski definition) is 3. The summed E-state index contributed by atoms with van der Waals surface area (Å²) >= 11 is 0. The summed E-state index contributed by atoms with van der Waals surface area (Å²) in [5.74, 6) is 1.58. The second kappa shape index (κ2) is 5.86. The molecule has 0 aromatic heterocycles. The lowest BCUT2D eigenvalue weighted by Crippen LogP contribution is -1.89. The van der Waals surface area contributed by atoms with E-state index in [2.05, 4.69) is 11.6 Å². The van der Waals surface area contributed by atoms with E-state index in [0.29, 0.717) is 5.70 Å². The van der Waals surface area contributed by atoms with Gasteiger partial charge in [0.2, 0.25) is 0 Å². The SMILES string of the molecule is C=C1/C=C(OC)\C=C/C/C(OC)=C\C=N1. The van der Waals surface area contributed by atoms with Crippen molar-refractivity contribution < 1.29 is 9.47 Å². The van der Waals surface area contributed by atoms with E-state index in [4.69, 9.17) is 9.47 Å². The van der Waals surface area contributed by atoms with Crippen LogP contribution in [0.5, 0.6) is 0 Å². The second-order valence-electron chi connectivity index (χ2n) is 2.96. The molecule has 0 bridgehead atoms. The highest BCUT2D eigenvalue weighted by Crippen LogP contribution is 2.09. The fourth-order valence-corrected chi connectivity index (χ4v) is 1.10. The van der Waals surface area contributed by atoms with Gasteiger partial charge in [-0.25, -0.2) is 0 Å². The summed E-state index contributed by atoms with van der Waals surface area (Å²) < 4.78 is 10.3. The van der Waals surface area contributed by atoms with Crippen LogP contribution in [0.3, 0.4) is 0 Å². The Morgan fingerprint density at radius 2 is 2.13 bits per heavy atom. The lowest BCUT2D eigenvalue weighted by Gasteiger charge is -2.04. The molecule has 0 saturated carbocycles. The molecular weight excluding hydrogens is 190 g/mol. The van der Waals surface area contributed by atoms with Crippen molar-refractivity contribution in [2.75, 3.05) is 14.2 Å². The van der Waals surface area contributed by atoms with Crippen LogP contribution in [0.1, 0.15) is 6.42 Å². The van der Waals surface area contributed by atoms with Crippen molar-refractivity contribution in [1.29, 1.82) is 0 Å². The average molecular weight is 205 g/mol. The highest BCUT2D eigenvalue weighted by Gasteiger charge is 1.96. The van der Waals surface area contributed by atoms with Crippen LogP contribution in [0.2, 0.25) is 0 Å². The Morgan fingerprint density at radius 1 is 1.33 bits per heavy atom. The maximum Gasteiger partial charge on any atom is 0.120 e. The molecule has 3 nitrogen and oxygen atoms in total. The largest absolute Gasteiger partial charge is 0.501 e. The van der Waals surface area contributed by atoms with Gasteiger partial charge in [-0.3, -0.25) is 4.99 Å². The Balaban J connectivity index is 2.90. The molecule has 1 heterocycles. The third-order valence-corrected chi connectivity index (χ3v) is 1.91. The van der Waals surface area contributed by atoms with Crippen molar-refractivity contribution in [3.8, 4) is 0 Å². The number of allylic oxidation sites excluding steroid dienone is 4. The van der Waals surface area contributed by atoms with E-state index in [1.54, 1.807) is 26.5 Å². The minimum Gasteiger partial charge on any atom is -0.501 e. The highest BCUT2D eigenvalue weighted by molar-refractivity contribution is 5.73. The van der Waals surface area contributed by atoms with E-state index in [0.717, 1.165) is 17.9 Å². The quantitative estimate of drug-likeness (QED) is 0.693. The molecule has 0 atom stereocenters. The zero-order valence-electron chi connectivity index (χ0n) is 9.06. The van der Waals surface area contributed by atoms with Gasteiger partial charge in [-0.1, -0.05) is 12.7 Å². The number of rotatable bonds is 2. The van der Waals surface area contributed by atoms with Crippen molar-refractivity contribution >= 4 is 6.21 Å². The summed E-state index contributed by atoms with van der Waals surface area (Å²) in [5, 5.41) is 0. The average Bonchev–Trinajstić information content (AvgIpc) is 2.25. The molecule has 1 rings (SSSR count). The number of nitrogens with zero attached hydrogens (tertiary/aromatic N) is 1. The molecule has 0 unspecified atom stereocenters. The Hall–Kier alpha value is -1.77. The van der Waals surface area contributed by atoms with Gasteiger partial charge in [0.25, 0.3) is 0 Å². The fourth-order valence-electron chi connectivity index (χ4n) is 1.10. The number of aliphatic imine (C=N–C) groups is 1. The summed E-state index contributed by atoms with van der Waals surface area (Å²) in [6, 6.07) is 0. The Kier molecular flexibility index (Phi) is 4.41. The monoisotopic (exact) mass is 205 g/mol. The molecular formula is C12H15NO2. The third-order valence-electron chi connectivity index (χ3n) is 1.91. The van der Waals surface area contributed by atoms with E-state index >= 15 is 0 Å². The normalized spacial score (nSPS) is 25.9. The van der Waals surface area contributed by atoms with Gasteiger partial charge in [0.1, 0.15) is 11.5 Å². The second-order valence-corrected chi connectivity index (χ2v) is 2.96. The Morgan fingerprint density at radius 3 is 2.80 bits per heavy atom. The van der Waals surface area contributed by atoms with Gasteiger partial charge in [0.05, 0.1) is 19.9 Å². The van der Waals surface area contributed by atoms with Gasteiger partial charge in [-0.05, 0) is 12.2 Å². The minimum atomic E-state index is 0.644. The number of ether oxygens (including phenoxy) is 2. The number of methoxy groups -OCH3 is 2. The Bertz CT molecular complexity index is 349. The van der Waals surface area contributed by atoms with Crippen LogP contribution in [-0.2, 0) is 9.47 Å². The molecule has 0 radical (unpaired) electrons. The number of hydrogen-bond donors (Lipinski definition) is 0. The lowest BCUT2D eigenvalue weighted by molar-refractivity contribution is 0.285. The van der Waals surface area contributed by atoms with Gasteiger partial charge < -0.3 is 9.47 Å². The van der Waals surface area contributed by atoms with E-state index in [1.165, 1.54) is 0 Å². The Labute approximate surface area is 90.1 Å². The van der Waals surface area contributed by atoms with E-state index in [-0.39, 0.29) is 0 Å². The van der Waals surface area contributed by atoms with E-state index < -0.39 is 0 Å². The van der Waals surface area contributed by atoms with E-state index in [1.807, 2.05) is 18.2 Å². The summed E-state index contributed by atoms with van der Waals surface area (Å²) in [7, 11) is 3.26. The third kappa shape index (κ3) is 3.85. The zero-order valence-corrected chi connectivity index (χ0v) is 9.06. The predicted octanol–water partition coefficient (Wildman–Crippen LogP) is 2.59. The minimum absolute atomic E-state index is 0.644. The molecule has 1 aliphatic heterocycles. The molecule has 0 N–H and O–H groups in total. The van der Waals surface area contributed by atoms with Crippen LogP contribution >= 0.6 is 0 Å². The standard InChI is InChI=1S/C12H15NO2/c1-10-9-12(15-3)6-4-5-11(14-2)7-8-13-10/h4,6-9H,1,5H2,2-3H3/b6-4-,11-7+,12-9+,13-8?. The molecule has 0 fully saturated rings. The smallest absolute Gasteiger partial charge is 0.120 e. The van der Waals surface area contributed by atoms with Gasteiger partial charge >= 0.3 is 0 Å². The van der Waals surface area contributed by atoms with Crippen LogP contribution in [0.4, 0.5) is 0 Å². The van der Waals surface area contributed by atoms with Crippen LogP contribution in [0.25, 0.3) is 0 Å². The summed E-state index contributed by atoms with van der Waals surface area (Å²) in [4.78, 5) is 4.12. The molecule has 0 saturated heterocycles. The first-order valence-corrected chi connectivity index (χ1v) is 4.64. The molecule has 0 aliphatic carbocycles. The van der Waals surface area contributed by atoms with Crippen molar-refractivity contribution in [3.63, 3.8) is 0 Å². The van der Waals surface area contributed by atoms with Gasteiger partial charge in [0.15, 0.2) is 0 Å². The molecule has 3 heteroatoms. The summed E-state index contributed by atoms with van der Waals surface area (Å²) in [6.07, 6.45) is 9.83.